The quantitative estimate of drug-likeness (QED) is 0.0134. The van der Waals surface area contributed by atoms with Crippen LogP contribution in [0.5, 0.6) is 46.0 Å². The van der Waals surface area contributed by atoms with Gasteiger partial charge in [-0.25, -0.2) is 9.59 Å². The number of hydrogen-bond acceptors (Lipinski definition) is 19. The Kier molecular flexibility index (Phi) is 68.7. The molecule has 2 fully saturated rings. The van der Waals surface area contributed by atoms with E-state index in [2.05, 4.69) is 193 Å². The molecule has 820 valence electrons. The number of ether oxygens (including phenoxy) is 11. The summed E-state index contributed by atoms with van der Waals surface area (Å²) in [6.07, 6.45) is 23.5. The van der Waals surface area contributed by atoms with Crippen molar-refractivity contribution < 1.29 is 116 Å². The highest BCUT2D eigenvalue weighted by Crippen LogP contribution is 2.33. The maximum Gasteiger partial charge on any atom is 0.343 e. The predicted molar refractivity (Wildman–Crippen MR) is 589 cm³/mol. The summed E-state index contributed by atoms with van der Waals surface area (Å²) in [5.41, 5.74) is 10.5. The molecule has 8 aromatic carbocycles. The Bertz CT molecular complexity index is 4730. The predicted octanol–water partition coefficient (Wildman–Crippen LogP) is 27.7. The third-order valence-corrected chi connectivity index (χ3v) is 23.6. The smallest absolute Gasteiger partial charge is 0.343 e. The van der Waals surface area contributed by atoms with Crippen LogP contribution < -0.4 is 37.9 Å². The molecule has 2 aliphatic carbocycles. The van der Waals surface area contributed by atoms with E-state index in [1.165, 1.54) is 58.7 Å². The summed E-state index contributed by atoms with van der Waals surface area (Å²) in [6, 6.07) is 64.8. The van der Waals surface area contributed by atoms with Crippen LogP contribution in [-0.4, -0.2) is 147 Å². The number of benzene rings is 8. The first-order valence-corrected chi connectivity index (χ1v) is 53.8. The second-order valence-corrected chi connectivity index (χ2v) is 41.6. The maximum atomic E-state index is 11.2. The van der Waals surface area contributed by atoms with Gasteiger partial charge in [-0.15, -0.1) is 0 Å². The molecule has 0 radical (unpaired) electrons. The van der Waals surface area contributed by atoms with E-state index in [4.69, 9.17) is 68.2 Å². The van der Waals surface area contributed by atoms with Gasteiger partial charge < -0.3 is 77.6 Å². The first-order chi connectivity index (χ1) is 70.6. The van der Waals surface area contributed by atoms with E-state index in [1.54, 1.807) is 12.1 Å². The molecule has 0 heterocycles. The van der Waals surface area contributed by atoms with E-state index in [0.717, 1.165) is 176 Å². The summed E-state index contributed by atoms with van der Waals surface area (Å²) in [7, 11) is 2.76. The zero-order chi connectivity index (χ0) is 109. The summed E-state index contributed by atoms with van der Waals surface area (Å²) in [5.74, 6) is 8.20. The molecule has 0 amide bonds. The van der Waals surface area contributed by atoms with E-state index < -0.39 is 29.8 Å². The van der Waals surface area contributed by atoms with Gasteiger partial charge in [-0.05, 0) is 362 Å². The first kappa shape index (κ1) is 130. The van der Waals surface area contributed by atoms with Gasteiger partial charge >= 0.3 is 47.8 Å². The van der Waals surface area contributed by atoms with Crippen molar-refractivity contribution in [2.45, 2.75) is 297 Å². The van der Waals surface area contributed by atoms with Gasteiger partial charge in [0.1, 0.15) is 46.0 Å². The van der Waals surface area contributed by atoms with Crippen molar-refractivity contribution >= 4 is 47.8 Å². The molecule has 0 unspecified atom stereocenters. The average molecular weight is 2050 g/mol. The Balaban J connectivity index is 0.000000435. The van der Waals surface area contributed by atoms with Crippen LogP contribution in [0.3, 0.4) is 0 Å². The van der Waals surface area contributed by atoms with Crippen LogP contribution in [0.4, 0.5) is 0 Å². The number of aliphatic carboxylic acids is 5. The molecule has 0 aliphatic heterocycles. The Morgan fingerprint density at radius 1 is 0.243 bits per heavy atom. The molecule has 5 N–H and O–H groups in total. The highest BCUT2D eigenvalue weighted by molar-refractivity contribution is 5.72. The molecule has 0 saturated heterocycles. The van der Waals surface area contributed by atoms with Crippen molar-refractivity contribution in [3.63, 3.8) is 0 Å². The van der Waals surface area contributed by atoms with Crippen molar-refractivity contribution in [1.29, 1.82) is 0 Å². The number of carboxylic acid groups (broad SMARTS) is 5. The van der Waals surface area contributed by atoms with E-state index in [-0.39, 0.29) is 55.8 Å². The van der Waals surface area contributed by atoms with E-state index in [0.29, 0.717) is 143 Å². The molecule has 148 heavy (non-hydrogen) atoms. The van der Waals surface area contributed by atoms with E-state index in [9.17, 15) is 38.4 Å². The second-order valence-electron chi connectivity index (χ2n) is 41.6. The molecular formula is C124H180O24. The molecule has 2 saturated carbocycles. The lowest BCUT2D eigenvalue weighted by Gasteiger charge is -2.26. The van der Waals surface area contributed by atoms with Crippen molar-refractivity contribution in [2.75, 3.05) is 73.7 Å². The molecule has 0 aromatic heterocycles. The van der Waals surface area contributed by atoms with Crippen molar-refractivity contribution in [3.05, 3.63) is 239 Å². The fourth-order valence-electron chi connectivity index (χ4n) is 16.1. The van der Waals surface area contributed by atoms with Gasteiger partial charge in [-0.2, -0.15) is 0 Å². The monoisotopic (exact) mass is 2050 g/mol. The number of esters is 3. The highest BCUT2D eigenvalue weighted by atomic mass is 16.6. The number of unbranched alkanes of at least 4 members (excludes halogenated alkanes) is 4. The molecule has 0 bridgehead atoms. The van der Waals surface area contributed by atoms with E-state index in [1.807, 2.05) is 116 Å². The standard InChI is InChI=1S/2C18H26O3.C18H28O3.C16H24O3.C15H22O3.C14H20O3.C13H18O3.C12H16O3/c2*1-13(2)11-14-5-9-17(10-6-14)21-12-15-3-7-16(8-4-15)18(19)20;1-4-20-18(19)8-6-5-7-13-21-17-11-9-16(10-12-17)14-15(2)3;1-13(2)12-14-7-9-15(10-8-14)19-11-5-4-6-16(17)18-3;1-12(2)11-13-6-8-14(9-7-13)18-10-4-3-5-15(16)17;1-11(2)10-12-5-7-13(8-6-12)17-9-3-4-14(15)16;1-10(2)8-11-4-6-12(7-5-11)16-9-13(14)15-3;1-9(2)7-10-3-5-11(6-4-10)15-8-12(13)14/h2*5-6,9-10,13,15-16H,3-4,7-8,11-12H2,1-2H3,(H,19,20);9-12,15H,4-8,13-14H2,1-3H3;7-10,13H,4-6,11-12H2,1-3H3;6-9,12H,3-5,10-11H2,1-2H3,(H,16,17);5-8,11H,3-4,9-10H2,1-2H3,(H,15,16);4-7,10H,8-9H2,1-3H3;3-6,9H,7-8H2,1-2H3,(H,13,14). The fourth-order valence-corrected chi connectivity index (χ4v) is 16.1. The maximum absolute atomic E-state index is 11.2. The van der Waals surface area contributed by atoms with Crippen molar-refractivity contribution in [1.82, 2.24) is 0 Å². The Labute approximate surface area is 885 Å². The molecule has 0 atom stereocenters. The SMILES string of the molecule is CC(C)Cc1ccc(OCC(=O)O)cc1.CC(C)Cc1ccc(OCC2CCC(C(=O)O)CC2)cc1.CC(C)Cc1ccc(OCC2CCC(C(=O)O)CC2)cc1.CC(C)Cc1ccc(OCCCC(=O)O)cc1.CC(C)Cc1ccc(OCCCCC(=O)O)cc1.CCOC(=O)CCCCCOc1ccc(CC(C)C)cc1.COC(=O)CCCCOc1ccc(CC(C)C)cc1.COC(=O)COc1ccc(CC(C)C)cc1. The summed E-state index contributed by atoms with van der Waals surface area (Å²) in [4.78, 5) is 85.6. The van der Waals surface area contributed by atoms with Crippen LogP contribution in [0.25, 0.3) is 0 Å². The van der Waals surface area contributed by atoms with Crippen LogP contribution >= 0.6 is 0 Å². The highest BCUT2D eigenvalue weighted by Gasteiger charge is 2.28. The minimum Gasteiger partial charge on any atom is -0.494 e. The second kappa shape index (κ2) is 78.2. The number of carbonyl (C=O) groups excluding carboxylic acids is 3. The van der Waals surface area contributed by atoms with Gasteiger partial charge in [0.25, 0.3) is 0 Å². The Hall–Kier alpha value is -12.1. The van der Waals surface area contributed by atoms with Crippen molar-refractivity contribution in [3.8, 4) is 46.0 Å². The zero-order valence-electron chi connectivity index (χ0n) is 92.6. The van der Waals surface area contributed by atoms with E-state index >= 15 is 0 Å². The summed E-state index contributed by atoms with van der Waals surface area (Å²) < 4.78 is 58.3. The van der Waals surface area contributed by atoms with Crippen LogP contribution in [0.1, 0.15) is 291 Å². The van der Waals surface area contributed by atoms with Gasteiger partial charge in [-0.3, -0.25) is 28.8 Å². The minimum absolute atomic E-state index is 0.0416. The number of carboxylic acids is 5. The lowest BCUT2D eigenvalue weighted by molar-refractivity contribution is -0.144. The third kappa shape index (κ3) is 67.7. The first-order valence-electron chi connectivity index (χ1n) is 53.8. The Morgan fingerprint density at radius 2 is 0.459 bits per heavy atom. The molecule has 0 spiro atoms. The van der Waals surface area contributed by atoms with Crippen molar-refractivity contribution in [2.24, 2.45) is 71.0 Å². The summed E-state index contributed by atoms with van der Waals surface area (Å²) in [6.45, 7) is 41.0. The largest absolute Gasteiger partial charge is 0.494 e. The van der Waals surface area contributed by atoms with Crippen LogP contribution in [0.15, 0.2) is 194 Å². The van der Waals surface area contributed by atoms with Crippen LogP contribution in [-0.2, 0) is 104 Å². The fraction of sp³-hybridized carbons (Fsp3) is 0.548. The van der Waals surface area contributed by atoms with Gasteiger partial charge in [0.15, 0.2) is 13.2 Å². The summed E-state index contributed by atoms with van der Waals surface area (Å²) in [5, 5.41) is 43.4. The number of rotatable bonds is 55. The zero-order valence-corrected chi connectivity index (χ0v) is 92.6. The van der Waals surface area contributed by atoms with Gasteiger partial charge in [-0.1, -0.05) is 208 Å². The van der Waals surface area contributed by atoms with Gasteiger partial charge in [0.05, 0.1) is 72.3 Å². The molecular weight excluding hydrogens is 1870 g/mol. The molecule has 2 aliphatic rings. The summed E-state index contributed by atoms with van der Waals surface area (Å²) >= 11 is 0. The van der Waals surface area contributed by atoms with Crippen LogP contribution in [0.2, 0.25) is 0 Å². The average Bonchev–Trinajstić information content (AvgIpc) is 0.875. The minimum atomic E-state index is -0.957. The molecule has 10 rings (SSSR count). The lowest BCUT2D eigenvalue weighted by atomic mass is 9.82. The topological polar surface area (TPSA) is 339 Å². The lowest BCUT2D eigenvalue weighted by Crippen LogP contribution is -2.24. The molecule has 8 aromatic rings. The van der Waals surface area contributed by atoms with Gasteiger partial charge in [0.2, 0.25) is 0 Å². The van der Waals surface area contributed by atoms with Crippen LogP contribution in [0, 0.1) is 71.0 Å². The normalized spacial score (nSPS) is 13.8. The number of hydrogen-bond donors (Lipinski definition) is 5. The Morgan fingerprint density at radius 3 is 0.696 bits per heavy atom. The number of methoxy groups -OCH3 is 2. The molecule has 24 heteroatoms. The number of carbonyl (C=O) groups is 8. The van der Waals surface area contributed by atoms with Gasteiger partial charge in [0, 0.05) is 25.7 Å². The molecule has 24 nitrogen and oxygen atoms in total. The third-order valence-electron chi connectivity index (χ3n) is 23.6.